The minimum atomic E-state index is -4.43. The molecule has 0 saturated heterocycles. The van der Waals surface area contributed by atoms with Gasteiger partial charge in [0.05, 0.1) is 11.6 Å². The second-order valence-electron chi connectivity index (χ2n) is 8.77. The van der Waals surface area contributed by atoms with Gasteiger partial charge in [-0.2, -0.15) is 13.2 Å². The summed E-state index contributed by atoms with van der Waals surface area (Å²) in [7, 11) is 0. The number of ether oxygens (including phenoxy) is 2. The second-order valence-corrected chi connectivity index (χ2v) is 8.77. The quantitative estimate of drug-likeness (QED) is 0.497. The van der Waals surface area contributed by atoms with E-state index in [4.69, 9.17) is 9.47 Å². The fraction of sp³-hybridized carbons (Fsp3) is 0.391. The maximum absolute atomic E-state index is 12.6. The molecule has 0 radical (unpaired) electrons. The van der Waals surface area contributed by atoms with Gasteiger partial charge in [-0.3, -0.25) is 9.55 Å². The van der Waals surface area contributed by atoms with Gasteiger partial charge in [-0.1, -0.05) is 6.07 Å². The molecule has 0 aliphatic heterocycles. The average Bonchev–Trinajstić information content (AvgIpc) is 3.06. The first-order chi connectivity index (χ1) is 14.5. The van der Waals surface area contributed by atoms with Gasteiger partial charge in [0.25, 0.3) is 0 Å². The van der Waals surface area contributed by atoms with Crippen molar-refractivity contribution in [2.24, 2.45) is 0 Å². The number of aromatic nitrogens is 2. The summed E-state index contributed by atoms with van der Waals surface area (Å²) < 4.78 is 50.8. The molecule has 0 spiro atoms. The van der Waals surface area contributed by atoms with Gasteiger partial charge in [-0.05, 0) is 75.4 Å². The summed E-state index contributed by atoms with van der Waals surface area (Å²) in [6.07, 6.45) is -0.492. The maximum Gasteiger partial charge on any atom is 0.433 e. The number of carbonyl (C=O) groups excluding carboxylic acids is 1. The predicted molar refractivity (Wildman–Crippen MR) is 109 cm³/mol. The number of nitrogens with zero attached hydrogens (tertiary/aromatic N) is 2. The molecule has 1 aliphatic rings. The molecule has 0 atom stereocenters. The highest BCUT2D eigenvalue weighted by Crippen LogP contribution is 2.40. The highest BCUT2D eigenvalue weighted by atomic mass is 19.4. The number of fused-ring (bicyclic) bond motifs is 1. The Morgan fingerprint density at radius 2 is 1.84 bits per heavy atom. The molecule has 31 heavy (non-hydrogen) atoms. The molecule has 0 N–H and O–H groups in total. The lowest BCUT2D eigenvalue weighted by Gasteiger charge is -2.35. The van der Waals surface area contributed by atoms with Crippen molar-refractivity contribution in [3.8, 4) is 5.75 Å². The van der Waals surface area contributed by atoms with Crippen LogP contribution in [0.2, 0.25) is 0 Å². The van der Waals surface area contributed by atoms with Crippen LogP contribution in [0.4, 0.5) is 18.0 Å². The molecular formula is C23H23F3N2O3. The van der Waals surface area contributed by atoms with E-state index in [1.54, 1.807) is 12.3 Å². The summed E-state index contributed by atoms with van der Waals surface area (Å²) in [6, 6.07) is 9.81. The summed E-state index contributed by atoms with van der Waals surface area (Å²) in [5.74, 6) is 0.820. The lowest BCUT2D eigenvalue weighted by molar-refractivity contribution is -0.141. The van der Waals surface area contributed by atoms with Crippen LogP contribution >= 0.6 is 0 Å². The van der Waals surface area contributed by atoms with Crippen LogP contribution in [0.3, 0.4) is 0 Å². The zero-order valence-corrected chi connectivity index (χ0v) is 17.4. The number of benzene rings is 1. The van der Waals surface area contributed by atoms with Crippen molar-refractivity contribution in [1.82, 2.24) is 9.55 Å². The Labute approximate surface area is 177 Å². The molecule has 1 saturated carbocycles. The van der Waals surface area contributed by atoms with E-state index in [0.717, 1.165) is 22.5 Å². The minimum Gasteiger partial charge on any atom is -0.490 e. The van der Waals surface area contributed by atoms with Crippen LogP contribution in [0.5, 0.6) is 5.75 Å². The van der Waals surface area contributed by atoms with Crippen LogP contribution in [-0.2, 0) is 10.9 Å². The topological polar surface area (TPSA) is 53.4 Å². The lowest BCUT2D eigenvalue weighted by atomic mass is 9.78. The van der Waals surface area contributed by atoms with E-state index in [1.165, 1.54) is 16.8 Å². The van der Waals surface area contributed by atoms with Gasteiger partial charge in [0.1, 0.15) is 17.0 Å². The second kappa shape index (κ2) is 7.59. The van der Waals surface area contributed by atoms with E-state index in [0.29, 0.717) is 18.6 Å². The highest BCUT2D eigenvalue weighted by molar-refractivity contribution is 5.90. The zero-order valence-electron chi connectivity index (χ0n) is 17.4. The van der Waals surface area contributed by atoms with Gasteiger partial charge >= 0.3 is 12.3 Å². The van der Waals surface area contributed by atoms with E-state index in [9.17, 15) is 18.0 Å². The lowest BCUT2D eigenvalue weighted by Crippen LogP contribution is -2.32. The van der Waals surface area contributed by atoms with Gasteiger partial charge in [-0.25, -0.2) is 4.79 Å². The number of alkyl halides is 3. The van der Waals surface area contributed by atoms with Crippen LogP contribution in [0.15, 0.2) is 48.8 Å². The zero-order chi connectivity index (χ0) is 22.4. The highest BCUT2D eigenvalue weighted by Gasteiger charge is 2.35. The molecule has 8 heteroatoms. The third-order valence-electron chi connectivity index (χ3n) is 5.20. The van der Waals surface area contributed by atoms with E-state index >= 15 is 0 Å². The van der Waals surface area contributed by atoms with E-state index < -0.39 is 23.6 Å². The molecule has 5 nitrogen and oxygen atoms in total. The summed E-state index contributed by atoms with van der Waals surface area (Å²) in [6.45, 7) is 5.44. The molecule has 1 fully saturated rings. The third-order valence-corrected chi connectivity index (χ3v) is 5.20. The summed E-state index contributed by atoms with van der Waals surface area (Å²) in [5.41, 5.74) is 0.0525. The summed E-state index contributed by atoms with van der Waals surface area (Å²) >= 11 is 0. The molecule has 1 aliphatic carbocycles. The Hall–Kier alpha value is -3.03. The van der Waals surface area contributed by atoms with Gasteiger partial charge in [0, 0.05) is 17.8 Å². The molecule has 0 bridgehead atoms. The monoisotopic (exact) mass is 432 g/mol. The SMILES string of the molecule is CC(C)(C)OC(=O)n1ccc2cc(O[C@H]3C[C@@H](c4ccc(C(F)(F)F)nc4)C3)ccc21. The molecular weight excluding hydrogens is 409 g/mol. The van der Waals surface area contributed by atoms with Gasteiger partial charge in [-0.15, -0.1) is 0 Å². The predicted octanol–water partition coefficient (Wildman–Crippen LogP) is 6.16. The van der Waals surface area contributed by atoms with E-state index in [2.05, 4.69) is 4.98 Å². The largest absolute Gasteiger partial charge is 0.490 e. The minimum absolute atomic E-state index is 0.0160. The summed E-state index contributed by atoms with van der Waals surface area (Å²) in [5, 5.41) is 0.853. The first kappa shape index (κ1) is 21.2. The number of carbonyl (C=O) groups is 1. The number of rotatable bonds is 3. The first-order valence-electron chi connectivity index (χ1n) is 10.0. The smallest absolute Gasteiger partial charge is 0.433 e. The Morgan fingerprint density at radius 1 is 1.10 bits per heavy atom. The standard InChI is InChI=1S/C23H23F3N2O3/c1-22(2,3)31-21(29)28-9-8-14-10-17(5-6-19(14)28)30-18-11-16(12-18)15-4-7-20(27-13-15)23(24,25)26/h4-10,13,16,18H,11-12H2,1-3H3/t16-,18+. The first-order valence-corrected chi connectivity index (χ1v) is 10.0. The molecule has 164 valence electrons. The van der Waals surface area contributed by atoms with E-state index in [1.807, 2.05) is 39.0 Å². The molecule has 0 amide bonds. The van der Waals surface area contributed by atoms with Crippen molar-refractivity contribution in [1.29, 1.82) is 0 Å². The summed E-state index contributed by atoms with van der Waals surface area (Å²) in [4.78, 5) is 15.9. The molecule has 4 rings (SSSR count). The molecule has 2 heterocycles. The third kappa shape index (κ3) is 4.68. The average molecular weight is 432 g/mol. The van der Waals surface area contributed by atoms with Crippen molar-refractivity contribution in [2.75, 3.05) is 0 Å². The van der Waals surface area contributed by atoms with Crippen LogP contribution in [0, 0.1) is 0 Å². The normalized spacial score (nSPS) is 19.2. The molecule has 1 aromatic carbocycles. The van der Waals surface area contributed by atoms with Gasteiger partial charge < -0.3 is 9.47 Å². The number of hydrogen-bond acceptors (Lipinski definition) is 4. The van der Waals surface area contributed by atoms with Crippen molar-refractivity contribution in [3.05, 3.63) is 60.0 Å². The Morgan fingerprint density at radius 3 is 2.45 bits per heavy atom. The van der Waals surface area contributed by atoms with Gasteiger partial charge in [0.15, 0.2) is 0 Å². The van der Waals surface area contributed by atoms with Crippen molar-refractivity contribution < 1.29 is 27.4 Å². The van der Waals surface area contributed by atoms with Crippen molar-refractivity contribution in [2.45, 2.75) is 57.4 Å². The Kier molecular flexibility index (Phi) is 5.19. The van der Waals surface area contributed by atoms with Gasteiger partial charge in [0.2, 0.25) is 0 Å². The van der Waals surface area contributed by atoms with E-state index in [-0.39, 0.29) is 12.0 Å². The number of hydrogen-bond donors (Lipinski definition) is 0. The fourth-order valence-corrected chi connectivity index (χ4v) is 3.61. The van der Waals surface area contributed by atoms with Crippen molar-refractivity contribution >= 4 is 17.0 Å². The molecule has 2 aromatic heterocycles. The Balaban J connectivity index is 1.38. The molecule has 0 unspecified atom stereocenters. The van der Waals surface area contributed by atoms with Crippen LogP contribution < -0.4 is 4.74 Å². The Bertz CT molecular complexity index is 1090. The number of pyridine rings is 1. The number of halogens is 3. The van der Waals surface area contributed by atoms with Crippen LogP contribution in [0.1, 0.15) is 50.8 Å². The molecule has 3 aromatic rings. The van der Waals surface area contributed by atoms with Crippen LogP contribution in [-0.4, -0.2) is 27.3 Å². The fourth-order valence-electron chi connectivity index (χ4n) is 3.61. The van der Waals surface area contributed by atoms with Crippen molar-refractivity contribution in [3.63, 3.8) is 0 Å². The van der Waals surface area contributed by atoms with Crippen LogP contribution in [0.25, 0.3) is 10.9 Å². The maximum atomic E-state index is 12.6.